The molecule has 1 aromatic carbocycles. The van der Waals surface area contributed by atoms with Gasteiger partial charge in [-0.05, 0) is 11.1 Å². The summed E-state index contributed by atoms with van der Waals surface area (Å²) >= 11 is 0. The third-order valence-corrected chi connectivity index (χ3v) is 2.17. The average molecular weight is 215 g/mol. The fourth-order valence-electron chi connectivity index (χ4n) is 1.39. The molecule has 1 aromatic heterocycles. The number of hydrogen-bond donors (Lipinski definition) is 0. The quantitative estimate of drug-likeness (QED) is 0.579. The number of rotatable bonds is 3. The molecule has 0 fully saturated rings. The van der Waals surface area contributed by atoms with Crippen molar-refractivity contribution in [1.29, 1.82) is 0 Å². The van der Waals surface area contributed by atoms with Crippen molar-refractivity contribution < 1.29 is 4.92 Å². The molecule has 0 atom stereocenters. The van der Waals surface area contributed by atoms with E-state index in [4.69, 9.17) is 0 Å². The molecule has 0 aliphatic heterocycles. The van der Waals surface area contributed by atoms with Crippen molar-refractivity contribution in [2.24, 2.45) is 0 Å². The van der Waals surface area contributed by atoms with E-state index in [-0.39, 0.29) is 5.69 Å². The highest BCUT2D eigenvalue weighted by molar-refractivity contribution is 5.34. The molecule has 0 N–H and O–H groups in total. The van der Waals surface area contributed by atoms with E-state index in [1.807, 2.05) is 0 Å². The number of nitro benzene ring substituents is 1. The summed E-state index contributed by atoms with van der Waals surface area (Å²) in [4.78, 5) is 17.9. The molecule has 0 aliphatic rings. The van der Waals surface area contributed by atoms with Crippen LogP contribution >= 0.6 is 0 Å². The smallest absolute Gasteiger partial charge is 0.258 e. The van der Waals surface area contributed by atoms with Crippen molar-refractivity contribution in [2.75, 3.05) is 0 Å². The lowest BCUT2D eigenvalue weighted by Gasteiger charge is -2.00. The second-order valence-electron chi connectivity index (χ2n) is 3.35. The first kappa shape index (κ1) is 10.2. The minimum absolute atomic E-state index is 0.105. The van der Waals surface area contributed by atoms with E-state index in [0.29, 0.717) is 6.42 Å². The van der Waals surface area contributed by atoms with Crippen molar-refractivity contribution in [1.82, 2.24) is 9.97 Å². The highest BCUT2D eigenvalue weighted by Crippen LogP contribution is 2.14. The van der Waals surface area contributed by atoms with Gasteiger partial charge in [0, 0.05) is 30.9 Å². The van der Waals surface area contributed by atoms with Crippen molar-refractivity contribution >= 4 is 5.69 Å². The number of nitro groups is 1. The average Bonchev–Trinajstić information content (AvgIpc) is 2.31. The van der Waals surface area contributed by atoms with Crippen molar-refractivity contribution in [2.45, 2.75) is 6.42 Å². The fraction of sp³-hybridized carbons (Fsp3) is 0.0909. The van der Waals surface area contributed by atoms with Gasteiger partial charge in [0.15, 0.2) is 0 Å². The lowest BCUT2D eigenvalue weighted by atomic mass is 10.1. The minimum Gasteiger partial charge on any atom is -0.258 e. The molecule has 0 aliphatic carbocycles. The van der Waals surface area contributed by atoms with E-state index in [0.717, 1.165) is 11.1 Å². The van der Waals surface area contributed by atoms with Crippen LogP contribution in [0.15, 0.2) is 43.0 Å². The molecule has 80 valence electrons. The Morgan fingerprint density at radius 2 is 1.69 bits per heavy atom. The Morgan fingerprint density at radius 3 is 2.25 bits per heavy atom. The van der Waals surface area contributed by atoms with Gasteiger partial charge in [-0.25, -0.2) is 9.97 Å². The summed E-state index contributed by atoms with van der Waals surface area (Å²) in [6.45, 7) is 0. The first-order valence-electron chi connectivity index (χ1n) is 4.73. The third kappa shape index (κ3) is 2.38. The summed E-state index contributed by atoms with van der Waals surface area (Å²) < 4.78 is 0. The molecule has 5 nitrogen and oxygen atoms in total. The van der Waals surface area contributed by atoms with Crippen LogP contribution in [0.25, 0.3) is 0 Å². The van der Waals surface area contributed by atoms with Crippen molar-refractivity contribution in [3.63, 3.8) is 0 Å². The molecular formula is C11H9N3O2. The Labute approximate surface area is 91.9 Å². The second-order valence-corrected chi connectivity index (χ2v) is 3.35. The van der Waals surface area contributed by atoms with Crippen LogP contribution in [0.2, 0.25) is 0 Å². The Hall–Kier alpha value is -2.30. The molecule has 0 saturated heterocycles. The van der Waals surface area contributed by atoms with Crippen LogP contribution in [0.3, 0.4) is 0 Å². The SMILES string of the molecule is O=[N+]([O-])c1ccc(Cc2cncnc2)cc1. The van der Waals surface area contributed by atoms with E-state index in [9.17, 15) is 10.1 Å². The molecule has 1 heterocycles. The summed E-state index contributed by atoms with van der Waals surface area (Å²) in [7, 11) is 0. The van der Waals surface area contributed by atoms with E-state index >= 15 is 0 Å². The summed E-state index contributed by atoms with van der Waals surface area (Å²) in [5.41, 5.74) is 2.09. The molecule has 16 heavy (non-hydrogen) atoms. The standard InChI is InChI=1S/C11H9N3O2/c15-14(16)11-3-1-9(2-4-11)5-10-6-12-8-13-7-10/h1-4,6-8H,5H2. The number of aromatic nitrogens is 2. The zero-order valence-corrected chi connectivity index (χ0v) is 8.41. The van der Waals surface area contributed by atoms with E-state index in [2.05, 4.69) is 9.97 Å². The topological polar surface area (TPSA) is 68.9 Å². The molecule has 5 heteroatoms. The van der Waals surface area contributed by atoms with Crippen LogP contribution in [0, 0.1) is 10.1 Å². The predicted octanol–water partition coefficient (Wildman–Crippen LogP) is 1.98. The van der Waals surface area contributed by atoms with Gasteiger partial charge in [-0.15, -0.1) is 0 Å². The van der Waals surface area contributed by atoms with E-state index < -0.39 is 4.92 Å². The fourth-order valence-corrected chi connectivity index (χ4v) is 1.39. The van der Waals surface area contributed by atoms with Gasteiger partial charge in [-0.2, -0.15) is 0 Å². The molecule has 0 radical (unpaired) electrons. The van der Waals surface area contributed by atoms with Crippen LogP contribution in [0.5, 0.6) is 0 Å². The highest BCUT2D eigenvalue weighted by atomic mass is 16.6. The normalized spacial score (nSPS) is 10.0. The number of nitrogens with zero attached hydrogens (tertiary/aromatic N) is 3. The van der Waals surface area contributed by atoms with Crippen LogP contribution in [0.1, 0.15) is 11.1 Å². The van der Waals surface area contributed by atoms with Crippen LogP contribution in [0.4, 0.5) is 5.69 Å². The maximum atomic E-state index is 10.5. The highest BCUT2D eigenvalue weighted by Gasteiger charge is 2.04. The zero-order valence-electron chi connectivity index (χ0n) is 8.41. The lowest BCUT2D eigenvalue weighted by molar-refractivity contribution is -0.384. The summed E-state index contributed by atoms with van der Waals surface area (Å²) in [6, 6.07) is 6.48. The van der Waals surface area contributed by atoms with E-state index in [1.165, 1.54) is 18.5 Å². The van der Waals surface area contributed by atoms with E-state index in [1.54, 1.807) is 24.5 Å². The van der Waals surface area contributed by atoms with Crippen LogP contribution in [-0.2, 0) is 6.42 Å². The molecule has 0 unspecified atom stereocenters. The molecule has 0 amide bonds. The summed E-state index contributed by atoms with van der Waals surface area (Å²) in [6.07, 6.45) is 5.61. The number of hydrogen-bond acceptors (Lipinski definition) is 4. The molecule has 0 bridgehead atoms. The summed E-state index contributed by atoms with van der Waals surface area (Å²) in [5, 5.41) is 10.5. The summed E-state index contributed by atoms with van der Waals surface area (Å²) in [5.74, 6) is 0. The van der Waals surface area contributed by atoms with Gasteiger partial charge >= 0.3 is 0 Å². The molecule has 0 spiro atoms. The first-order chi connectivity index (χ1) is 7.75. The van der Waals surface area contributed by atoms with Crippen LogP contribution < -0.4 is 0 Å². The van der Waals surface area contributed by atoms with Gasteiger partial charge in [0.2, 0.25) is 0 Å². The Bertz CT molecular complexity index is 482. The van der Waals surface area contributed by atoms with Gasteiger partial charge in [-0.3, -0.25) is 10.1 Å². The molecule has 2 rings (SSSR count). The van der Waals surface area contributed by atoms with Crippen molar-refractivity contribution in [3.8, 4) is 0 Å². The van der Waals surface area contributed by atoms with Gasteiger partial charge in [0.1, 0.15) is 6.33 Å². The second kappa shape index (κ2) is 4.48. The predicted molar refractivity (Wildman–Crippen MR) is 57.9 cm³/mol. The third-order valence-electron chi connectivity index (χ3n) is 2.17. The maximum absolute atomic E-state index is 10.5. The molecule has 2 aromatic rings. The maximum Gasteiger partial charge on any atom is 0.269 e. The minimum atomic E-state index is -0.407. The molecular weight excluding hydrogens is 206 g/mol. The Kier molecular flexibility index (Phi) is 2.86. The molecule has 0 saturated carbocycles. The largest absolute Gasteiger partial charge is 0.269 e. The lowest BCUT2D eigenvalue weighted by Crippen LogP contribution is -1.92. The Morgan fingerprint density at radius 1 is 1.06 bits per heavy atom. The van der Waals surface area contributed by atoms with Crippen molar-refractivity contribution in [3.05, 3.63) is 64.2 Å². The number of benzene rings is 1. The first-order valence-corrected chi connectivity index (χ1v) is 4.73. The van der Waals surface area contributed by atoms with Gasteiger partial charge in [0.25, 0.3) is 5.69 Å². The zero-order chi connectivity index (χ0) is 11.4. The van der Waals surface area contributed by atoms with Gasteiger partial charge < -0.3 is 0 Å². The number of non-ortho nitro benzene ring substituents is 1. The van der Waals surface area contributed by atoms with Gasteiger partial charge in [0.05, 0.1) is 4.92 Å². The van der Waals surface area contributed by atoms with Gasteiger partial charge in [-0.1, -0.05) is 12.1 Å². The van der Waals surface area contributed by atoms with Crippen LogP contribution in [-0.4, -0.2) is 14.9 Å². The monoisotopic (exact) mass is 215 g/mol. The Balaban J connectivity index is 2.14.